The zero-order valence-corrected chi connectivity index (χ0v) is 7.68. The van der Waals surface area contributed by atoms with Crippen LogP contribution < -0.4 is 0 Å². The van der Waals surface area contributed by atoms with Crippen LogP contribution >= 0.6 is 0 Å². The van der Waals surface area contributed by atoms with Gasteiger partial charge in [-0.05, 0) is 18.8 Å². The number of hydrogen-bond acceptors (Lipinski definition) is 0. The second kappa shape index (κ2) is 7.59. The highest BCUT2D eigenvalue weighted by Crippen LogP contribution is 2.14. The van der Waals surface area contributed by atoms with E-state index in [0.29, 0.717) is 5.92 Å². The van der Waals surface area contributed by atoms with Crippen molar-refractivity contribution in [3.8, 4) is 0 Å². The molecule has 1 atom stereocenters. The van der Waals surface area contributed by atoms with Gasteiger partial charge in [0.15, 0.2) is 0 Å². The minimum atomic E-state index is 0.666. The highest BCUT2D eigenvalue weighted by molar-refractivity contribution is 4.84. The molecule has 0 aromatic carbocycles. The Morgan fingerprint density at radius 1 is 1.27 bits per heavy atom. The van der Waals surface area contributed by atoms with E-state index in [-0.39, 0.29) is 0 Å². The van der Waals surface area contributed by atoms with Crippen molar-refractivity contribution in [3.63, 3.8) is 0 Å². The van der Waals surface area contributed by atoms with Crippen molar-refractivity contribution in [2.24, 2.45) is 5.92 Å². The van der Waals surface area contributed by atoms with Crippen molar-refractivity contribution in [1.82, 2.24) is 0 Å². The van der Waals surface area contributed by atoms with Gasteiger partial charge in [-0.1, -0.05) is 38.3 Å². The summed E-state index contributed by atoms with van der Waals surface area (Å²) in [5.74, 6) is 0.666. The Morgan fingerprint density at radius 2 is 2.00 bits per heavy atom. The summed E-state index contributed by atoms with van der Waals surface area (Å²) in [5.41, 5.74) is 0. The number of allylic oxidation sites excluding steroid dienone is 2. The van der Waals surface area contributed by atoms with Crippen LogP contribution in [-0.4, -0.2) is 0 Å². The van der Waals surface area contributed by atoms with Gasteiger partial charge < -0.3 is 0 Å². The molecule has 0 aromatic rings. The summed E-state index contributed by atoms with van der Waals surface area (Å²) < 4.78 is 0. The molecule has 11 heavy (non-hydrogen) atoms. The lowest BCUT2D eigenvalue weighted by molar-refractivity contribution is 0.546. The molecule has 0 saturated heterocycles. The molecule has 0 spiro atoms. The molecule has 0 amide bonds. The number of unbranched alkanes of at least 4 members (excludes halogenated alkanes) is 2. The second-order valence-corrected chi connectivity index (χ2v) is 3.02. The lowest BCUT2D eigenvalue weighted by atomic mass is 9.98. The third-order valence-electron chi connectivity index (χ3n) is 1.98. The Morgan fingerprint density at radius 3 is 2.45 bits per heavy atom. The van der Waals surface area contributed by atoms with Crippen LogP contribution in [0.15, 0.2) is 25.3 Å². The van der Waals surface area contributed by atoms with Gasteiger partial charge in [-0.2, -0.15) is 0 Å². The van der Waals surface area contributed by atoms with Gasteiger partial charge in [-0.15, -0.1) is 13.2 Å². The first-order valence-corrected chi connectivity index (χ1v) is 4.58. The van der Waals surface area contributed by atoms with E-state index in [1.54, 1.807) is 0 Å². The topological polar surface area (TPSA) is 0 Å². The van der Waals surface area contributed by atoms with Crippen LogP contribution in [0, 0.1) is 5.92 Å². The fraction of sp³-hybridized carbons (Fsp3) is 0.636. The van der Waals surface area contributed by atoms with Crippen molar-refractivity contribution < 1.29 is 0 Å². The molecule has 0 heteroatoms. The van der Waals surface area contributed by atoms with E-state index in [4.69, 9.17) is 0 Å². The molecule has 0 heterocycles. The normalized spacial score (nSPS) is 12.5. The molecule has 1 unspecified atom stereocenters. The van der Waals surface area contributed by atoms with Crippen molar-refractivity contribution in [2.75, 3.05) is 0 Å². The molecule has 0 N–H and O–H groups in total. The highest BCUT2D eigenvalue weighted by atomic mass is 14.0. The summed E-state index contributed by atoms with van der Waals surface area (Å²) in [6, 6.07) is 0. The fourth-order valence-corrected chi connectivity index (χ4v) is 1.20. The molecule has 0 aliphatic carbocycles. The van der Waals surface area contributed by atoms with Gasteiger partial charge in [0.1, 0.15) is 0 Å². The Balaban J connectivity index is 3.35. The maximum Gasteiger partial charge on any atom is -0.0202 e. The van der Waals surface area contributed by atoms with Crippen molar-refractivity contribution in [2.45, 2.75) is 39.0 Å². The minimum absolute atomic E-state index is 0.666. The third-order valence-corrected chi connectivity index (χ3v) is 1.98. The predicted molar refractivity (Wildman–Crippen MR) is 52.6 cm³/mol. The van der Waals surface area contributed by atoms with E-state index in [1.807, 2.05) is 6.08 Å². The Labute approximate surface area is 71.0 Å². The van der Waals surface area contributed by atoms with Crippen molar-refractivity contribution in [1.29, 1.82) is 0 Å². The lowest BCUT2D eigenvalue weighted by Crippen LogP contribution is -1.93. The number of hydrogen-bond donors (Lipinski definition) is 0. The van der Waals surface area contributed by atoms with E-state index in [9.17, 15) is 0 Å². The Bertz CT molecular complexity index is 103. The summed E-state index contributed by atoms with van der Waals surface area (Å²) in [6.07, 6.45) is 10.4. The monoisotopic (exact) mass is 152 g/mol. The van der Waals surface area contributed by atoms with Crippen molar-refractivity contribution in [3.05, 3.63) is 25.3 Å². The van der Waals surface area contributed by atoms with Crippen LogP contribution in [0.5, 0.6) is 0 Å². The first-order valence-electron chi connectivity index (χ1n) is 4.58. The van der Waals surface area contributed by atoms with Crippen molar-refractivity contribution >= 4 is 0 Å². The largest absolute Gasteiger partial charge is 0.103 e. The van der Waals surface area contributed by atoms with Gasteiger partial charge >= 0.3 is 0 Å². The van der Waals surface area contributed by atoms with E-state index in [0.717, 1.165) is 6.42 Å². The quantitative estimate of drug-likeness (QED) is 0.383. The van der Waals surface area contributed by atoms with Gasteiger partial charge in [-0.3, -0.25) is 0 Å². The SMILES string of the molecule is C=CCC(C=C)CCCCC. The van der Waals surface area contributed by atoms with Crippen LogP contribution in [-0.2, 0) is 0 Å². The third kappa shape index (κ3) is 5.90. The van der Waals surface area contributed by atoms with Gasteiger partial charge in [0.25, 0.3) is 0 Å². The van der Waals surface area contributed by atoms with E-state index in [2.05, 4.69) is 26.2 Å². The molecular weight excluding hydrogens is 132 g/mol. The van der Waals surface area contributed by atoms with E-state index < -0.39 is 0 Å². The molecular formula is C11H20. The van der Waals surface area contributed by atoms with Gasteiger partial charge in [0.05, 0.1) is 0 Å². The molecule has 0 nitrogen and oxygen atoms in total. The van der Waals surface area contributed by atoms with Gasteiger partial charge in [-0.25, -0.2) is 0 Å². The Kier molecular flexibility index (Phi) is 7.23. The predicted octanol–water partition coefficient (Wildman–Crippen LogP) is 3.95. The molecule has 0 bridgehead atoms. The summed E-state index contributed by atoms with van der Waals surface area (Å²) in [7, 11) is 0. The summed E-state index contributed by atoms with van der Waals surface area (Å²) >= 11 is 0. The smallest absolute Gasteiger partial charge is 0.0202 e. The molecule has 0 rings (SSSR count). The molecule has 0 aliphatic rings. The van der Waals surface area contributed by atoms with Crippen LogP contribution in [0.1, 0.15) is 39.0 Å². The van der Waals surface area contributed by atoms with Gasteiger partial charge in [0.2, 0.25) is 0 Å². The van der Waals surface area contributed by atoms with Crippen LogP contribution in [0.2, 0.25) is 0 Å². The number of rotatable bonds is 7. The van der Waals surface area contributed by atoms with E-state index >= 15 is 0 Å². The Hall–Kier alpha value is -0.520. The molecule has 0 radical (unpaired) electrons. The molecule has 0 aromatic heterocycles. The van der Waals surface area contributed by atoms with Gasteiger partial charge in [0, 0.05) is 0 Å². The van der Waals surface area contributed by atoms with Crippen LogP contribution in [0.25, 0.3) is 0 Å². The minimum Gasteiger partial charge on any atom is -0.103 e. The first kappa shape index (κ1) is 10.5. The maximum atomic E-state index is 3.81. The standard InChI is InChI=1S/C11H20/c1-4-7-8-10-11(6-3)9-5-2/h5-6,11H,2-4,7-10H2,1H3. The summed E-state index contributed by atoms with van der Waals surface area (Å²) in [6.45, 7) is 9.77. The molecule has 0 fully saturated rings. The average Bonchev–Trinajstić information content (AvgIpc) is 2.03. The van der Waals surface area contributed by atoms with E-state index in [1.165, 1.54) is 25.7 Å². The molecule has 0 saturated carbocycles. The summed E-state index contributed by atoms with van der Waals surface area (Å²) in [4.78, 5) is 0. The average molecular weight is 152 g/mol. The zero-order chi connectivity index (χ0) is 8.53. The second-order valence-electron chi connectivity index (χ2n) is 3.02. The summed E-state index contributed by atoms with van der Waals surface area (Å²) in [5, 5.41) is 0. The highest BCUT2D eigenvalue weighted by Gasteiger charge is 1.99. The maximum absolute atomic E-state index is 3.81. The fourth-order valence-electron chi connectivity index (χ4n) is 1.20. The molecule has 0 aliphatic heterocycles. The molecule has 64 valence electrons. The zero-order valence-electron chi connectivity index (χ0n) is 7.68. The lowest BCUT2D eigenvalue weighted by Gasteiger charge is -2.07. The van der Waals surface area contributed by atoms with Crippen LogP contribution in [0.4, 0.5) is 0 Å². The van der Waals surface area contributed by atoms with Crippen LogP contribution in [0.3, 0.4) is 0 Å². The first-order chi connectivity index (χ1) is 5.35.